The van der Waals surface area contributed by atoms with Crippen LogP contribution in [0.2, 0.25) is 0 Å². The van der Waals surface area contributed by atoms with Crippen LogP contribution in [-0.2, 0) is 32.5 Å². The molecule has 1 heterocycles. The van der Waals surface area contributed by atoms with Gasteiger partial charge < -0.3 is 4.74 Å². The highest BCUT2D eigenvalue weighted by atomic mass is 32.2. The van der Waals surface area contributed by atoms with E-state index in [4.69, 9.17) is 9.94 Å². The Morgan fingerprint density at radius 2 is 1.95 bits per heavy atom. The van der Waals surface area contributed by atoms with E-state index in [0.29, 0.717) is 18.7 Å². The number of methoxy groups -OCH3 is 1. The van der Waals surface area contributed by atoms with Crippen LogP contribution in [0, 0.1) is 11.6 Å². The van der Waals surface area contributed by atoms with Crippen molar-refractivity contribution < 1.29 is 31.9 Å². The number of aryl methyl sites for hydroxylation is 1. The van der Waals surface area contributed by atoms with Gasteiger partial charge in [0.2, 0.25) is 0 Å². The number of nitrogens with one attached hydrogen (secondary N) is 1. The summed E-state index contributed by atoms with van der Waals surface area (Å²) >= 11 is 0. The summed E-state index contributed by atoms with van der Waals surface area (Å²) in [7, 11) is -0.609. The van der Waals surface area contributed by atoms with E-state index >= 15 is 0 Å². The summed E-state index contributed by atoms with van der Waals surface area (Å²) in [6.45, 7) is 2.18. The van der Waals surface area contributed by atoms with Crippen LogP contribution in [0.4, 0.5) is 8.78 Å². The number of benzene rings is 2. The Morgan fingerprint density at radius 1 is 1.24 bits per heavy atom. The average molecular weight is 553 g/mol. The van der Waals surface area contributed by atoms with Gasteiger partial charge in [0.1, 0.15) is 0 Å². The summed E-state index contributed by atoms with van der Waals surface area (Å²) in [6, 6.07) is 7.34. The molecular weight excluding hydrogens is 522 g/mol. The number of hydrogen-bond donors (Lipinski definition) is 2. The summed E-state index contributed by atoms with van der Waals surface area (Å²) in [5.74, 6) is -3.10. The predicted molar refractivity (Wildman–Crippen MR) is 137 cm³/mol. The molecule has 1 unspecified atom stereocenters. The molecule has 0 bridgehead atoms. The summed E-state index contributed by atoms with van der Waals surface area (Å²) < 4.78 is 58.3. The van der Waals surface area contributed by atoms with Crippen LogP contribution in [0.25, 0.3) is 22.0 Å². The molecule has 38 heavy (non-hydrogen) atoms. The van der Waals surface area contributed by atoms with E-state index in [2.05, 4.69) is 4.98 Å². The molecule has 10 nitrogen and oxygen atoms in total. The second-order valence-corrected chi connectivity index (χ2v) is 11.7. The minimum absolute atomic E-state index is 0.0117. The number of sulfone groups is 1. The third-order valence-corrected chi connectivity index (χ3v) is 8.67. The Morgan fingerprint density at radius 3 is 2.58 bits per heavy atom. The second-order valence-electron chi connectivity index (χ2n) is 9.30. The fourth-order valence-electron chi connectivity index (χ4n) is 3.96. The zero-order chi connectivity index (χ0) is 28.3. The molecule has 0 aliphatic heterocycles. The lowest BCUT2D eigenvalue weighted by atomic mass is 10.0. The summed E-state index contributed by atoms with van der Waals surface area (Å²) in [4.78, 5) is 31.1. The SMILES string of the molecule is COCCN(C)Cc1ccc(-c2ccc3c(=O)n(CCC(C)(C(=O)NO)S(C)(=O)=O)cnc3c2)c(F)c1F. The Hall–Kier alpha value is -3.26. The number of halogens is 2. The largest absolute Gasteiger partial charge is 0.383 e. The van der Waals surface area contributed by atoms with Crippen LogP contribution in [0.3, 0.4) is 0 Å². The molecule has 0 radical (unpaired) electrons. The third kappa shape index (κ3) is 5.90. The number of hydrogen-bond acceptors (Lipinski definition) is 8. The van der Waals surface area contributed by atoms with E-state index < -0.39 is 37.7 Å². The third-order valence-electron chi connectivity index (χ3n) is 6.65. The number of likely N-dealkylation sites (N-methyl/N-ethyl adjacent to an activating group) is 1. The van der Waals surface area contributed by atoms with Crippen molar-refractivity contribution in [1.82, 2.24) is 19.9 Å². The smallest absolute Gasteiger partial charge is 0.264 e. The van der Waals surface area contributed by atoms with Gasteiger partial charge in [-0.3, -0.25) is 24.3 Å². The van der Waals surface area contributed by atoms with Crippen LogP contribution in [0.1, 0.15) is 18.9 Å². The van der Waals surface area contributed by atoms with Gasteiger partial charge in [-0.15, -0.1) is 0 Å². The monoisotopic (exact) mass is 552 g/mol. The standard InChI is InChI=1S/C25H30F2N4O6S/c1-25(24(33)29-34,38(4,35)36)9-10-31-15-28-20-13-16(5-8-19(20)23(31)32)18-7-6-17(21(26)22(18)27)14-30(2)11-12-37-3/h5-8,13,15,34H,9-12,14H2,1-4H3,(H,29,33). The van der Waals surface area contributed by atoms with Crippen molar-refractivity contribution >= 4 is 26.6 Å². The van der Waals surface area contributed by atoms with Crippen molar-refractivity contribution in [3.05, 3.63) is 64.2 Å². The molecule has 1 aromatic heterocycles. The first-order chi connectivity index (χ1) is 17.8. The number of ether oxygens (including phenoxy) is 1. The van der Waals surface area contributed by atoms with Crippen LogP contribution >= 0.6 is 0 Å². The highest BCUT2D eigenvalue weighted by Crippen LogP contribution is 2.29. The van der Waals surface area contributed by atoms with Crippen LogP contribution in [0.15, 0.2) is 41.5 Å². The maximum atomic E-state index is 15.0. The van der Waals surface area contributed by atoms with Gasteiger partial charge in [0.25, 0.3) is 11.5 Å². The predicted octanol–water partition coefficient (Wildman–Crippen LogP) is 2.12. The molecule has 3 rings (SSSR count). The van der Waals surface area contributed by atoms with E-state index in [1.165, 1.54) is 42.1 Å². The zero-order valence-corrected chi connectivity index (χ0v) is 22.3. The first kappa shape index (κ1) is 29.3. The second kappa shape index (κ2) is 11.6. The van der Waals surface area contributed by atoms with Gasteiger partial charge in [-0.1, -0.05) is 18.2 Å². The Bertz CT molecular complexity index is 1510. The summed E-state index contributed by atoms with van der Waals surface area (Å²) in [5, 5.41) is 9.13. The average Bonchev–Trinajstić information content (AvgIpc) is 2.88. The normalized spacial score (nSPS) is 13.6. The van der Waals surface area contributed by atoms with Crippen LogP contribution in [0.5, 0.6) is 0 Å². The molecule has 13 heteroatoms. The lowest BCUT2D eigenvalue weighted by Crippen LogP contribution is -2.50. The summed E-state index contributed by atoms with van der Waals surface area (Å²) in [6.07, 6.45) is 1.74. The molecule has 2 N–H and O–H groups in total. The number of carbonyl (C=O) groups excluding carboxylic acids is 1. The molecule has 0 saturated heterocycles. The lowest BCUT2D eigenvalue weighted by molar-refractivity contribution is -0.131. The molecule has 0 saturated carbocycles. The fraction of sp³-hybridized carbons (Fsp3) is 0.400. The Labute approximate surface area is 218 Å². The van der Waals surface area contributed by atoms with Gasteiger partial charge in [0, 0.05) is 44.1 Å². The summed E-state index contributed by atoms with van der Waals surface area (Å²) in [5.41, 5.74) is 1.60. The lowest BCUT2D eigenvalue weighted by Gasteiger charge is -2.25. The number of carbonyl (C=O) groups is 1. The van der Waals surface area contributed by atoms with Gasteiger partial charge in [0.15, 0.2) is 26.2 Å². The molecule has 0 fully saturated rings. The Kier molecular flexibility index (Phi) is 8.97. The highest BCUT2D eigenvalue weighted by molar-refractivity contribution is 7.92. The minimum atomic E-state index is -3.94. The first-order valence-electron chi connectivity index (χ1n) is 11.6. The van der Waals surface area contributed by atoms with Gasteiger partial charge in [-0.2, -0.15) is 0 Å². The van der Waals surface area contributed by atoms with E-state index in [1.807, 2.05) is 0 Å². The molecule has 2 aromatic carbocycles. The van der Waals surface area contributed by atoms with Gasteiger partial charge in [0.05, 0.1) is 23.8 Å². The van der Waals surface area contributed by atoms with Gasteiger partial charge in [-0.05, 0) is 38.1 Å². The molecule has 1 atom stereocenters. The molecule has 3 aromatic rings. The van der Waals surface area contributed by atoms with Crippen molar-refractivity contribution in [2.24, 2.45) is 0 Å². The molecule has 0 aliphatic carbocycles. The fourth-order valence-corrected chi connectivity index (χ4v) is 4.80. The Balaban J connectivity index is 1.90. The number of rotatable bonds is 11. The number of amides is 1. The number of hydroxylamine groups is 1. The molecule has 0 spiro atoms. The molecule has 0 aliphatic rings. The van der Waals surface area contributed by atoms with Crippen molar-refractivity contribution in [1.29, 1.82) is 0 Å². The molecule has 206 valence electrons. The van der Waals surface area contributed by atoms with Crippen molar-refractivity contribution in [3.63, 3.8) is 0 Å². The number of fused-ring (bicyclic) bond motifs is 1. The molecular formula is C25H30F2N4O6S. The van der Waals surface area contributed by atoms with E-state index in [0.717, 1.165) is 17.7 Å². The zero-order valence-electron chi connectivity index (χ0n) is 21.5. The van der Waals surface area contributed by atoms with Crippen LogP contribution < -0.4 is 11.0 Å². The van der Waals surface area contributed by atoms with Crippen molar-refractivity contribution in [3.8, 4) is 11.1 Å². The quantitative estimate of drug-likeness (QED) is 0.273. The number of aromatic nitrogens is 2. The molecule has 1 amide bonds. The van der Waals surface area contributed by atoms with E-state index in [-0.39, 0.29) is 41.5 Å². The maximum absolute atomic E-state index is 15.0. The van der Waals surface area contributed by atoms with E-state index in [9.17, 15) is 26.8 Å². The van der Waals surface area contributed by atoms with E-state index in [1.54, 1.807) is 19.1 Å². The highest BCUT2D eigenvalue weighted by Gasteiger charge is 2.43. The minimum Gasteiger partial charge on any atom is -0.383 e. The van der Waals surface area contributed by atoms with Crippen LogP contribution in [-0.4, -0.2) is 72.3 Å². The van der Waals surface area contributed by atoms with Crippen molar-refractivity contribution in [2.45, 2.75) is 31.2 Å². The topological polar surface area (TPSA) is 131 Å². The van der Waals surface area contributed by atoms with Gasteiger partial charge in [-0.25, -0.2) is 27.7 Å². The first-order valence-corrected chi connectivity index (χ1v) is 13.5. The maximum Gasteiger partial charge on any atom is 0.264 e. The van der Waals surface area contributed by atoms with Gasteiger partial charge >= 0.3 is 0 Å². The van der Waals surface area contributed by atoms with Crippen molar-refractivity contribution in [2.75, 3.05) is 33.6 Å². The number of nitrogens with zero attached hydrogens (tertiary/aromatic N) is 3.